The zero-order valence-electron chi connectivity index (χ0n) is 10.7. The molecular formula is C13H15F3N2OS. The van der Waals surface area contributed by atoms with E-state index < -0.39 is 11.7 Å². The minimum atomic E-state index is -4.42. The average Bonchev–Trinajstić information content (AvgIpc) is 2.38. The Kier molecular flexibility index (Phi) is 4.59. The van der Waals surface area contributed by atoms with Gasteiger partial charge < -0.3 is 10.5 Å². The Morgan fingerprint density at radius 3 is 2.50 bits per heavy atom. The van der Waals surface area contributed by atoms with Gasteiger partial charge in [0.05, 0.1) is 5.56 Å². The van der Waals surface area contributed by atoms with Gasteiger partial charge in [0, 0.05) is 28.9 Å². The van der Waals surface area contributed by atoms with E-state index in [0.29, 0.717) is 23.4 Å². The molecule has 1 aliphatic heterocycles. The SMILES string of the molecule is N=C(N)c1cc(C(F)(F)F)ccc1SC1CCOCC1. The molecule has 1 heterocycles. The Morgan fingerprint density at radius 2 is 1.95 bits per heavy atom. The second kappa shape index (κ2) is 6.05. The van der Waals surface area contributed by atoms with Gasteiger partial charge in [-0.1, -0.05) is 0 Å². The Hall–Kier alpha value is -1.21. The van der Waals surface area contributed by atoms with Crippen molar-refractivity contribution in [3.63, 3.8) is 0 Å². The number of thioether (sulfide) groups is 1. The van der Waals surface area contributed by atoms with E-state index in [9.17, 15) is 13.2 Å². The summed E-state index contributed by atoms with van der Waals surface area (Å²) in [5.74, 6) is -0.342. The van der Waals surface area contributed by atoms with Crippen LogP contribution in [0.5, 0.6) is 0 Å². The first-order chi connectivity index (χ1) is 9.38. The topological polar surface area (TPSA) is 59.1 Å². The van der Waals surface area contributed by atoms with Crippen LogP contribution in [0, 0.1) is 5.41 Å². The summed E-state index contributed by atoms with van der Waals surface area (Å²) in [6.45, 7) is 1.32. The van der Waals surface area contributed by atoms with Crippen molar-refractivity contribution in [3.8, 4) is 0 Å². The maximum absolute atomic E-state index is 12.7. The lowest BCUT2D eigenvalue weighted by atomic mass is 10.1. The fourth-order valence-corrected chi connectivity index (χ4v) is 3.22. The lowest BCUT2D eigenvalue weighted by molar-refractivity contribution is -0.137. The van der Waals surface area contributed by atoms with Gasteiger partial charge in [0.1, 0.15) is 5.84 Å². The maximum Gasteiger partial charge on any atom is 0.416 e. The van der Waals surface area contributed by atoms with Crippen LogP contribution in [0.1, 0.15) is 24.0 Å². The molecule has 0 spiro atoms. The van der Waals surface area contributed by atoms with Crippen molar-refractivity contribution in [1.82, 2.24) is 0 Å². The van der Waals surface area contributed by atoms with Crippen molar-refractivity contribution >= 4 is 17.6 Å². The lowest BCUT2D eigenvalue weighted by Crippen LogP contribution is -2.19. The summed E-state index contributed by atoms with van der Waals surface area (Å²) < 4.78 is 43.3. The molecular weight excluding hydrogens is 289 g/mol. The first kappa shape index (κ1) is 15.2. The van der Waals surface area contributed by atoms with Crippen LogP contribution in [0.4, 0.5) is 13.2 Å². The van der Waals surface area contributed by atoms with Gasteiger partial charge in [-0.05, 0) is 31.0 Å². The summed E-state index contributed by atoms with van der Waals surface area (Å²) in [6, 6.07) is 3.39. The second-order valence-electron chi connectivity index (χ2n) is 4.55. The monoisotopic (exact) mass is 304 g/mol. The van der Waals surface area contributed by atoms with Gasteiger partial charge in [0.25, 0.3) is 0 Å². The van der Waals surface area contributed by atoms with Crippen molar-refractivity contribution in [2.75, 3.05) is 13.2 Å². The molecule has 0 radical (unpaired) electrons. The number of nitrogens with one attached hydrogen (secondary N) is 1. The summed E-state index contributed by atoms with van der Waals surface area (Å²) in [4.78, 5) is 0.623. The van der Waals surface area contributed by atoms with Crippen LogP contribution in [-0.2, 0) is 10.9 Å². The van der Waals surface area contributed by atoms with Gasteiger partial charge in [0.15, 0.2) is 0 Å². The number of nitrogens with two attached hydrogens (primary N) is 1. The quantitative estimate of drug-likeness (QED) is 0.665. The highest BCUT2D eigenvalue weighted by Gasteiger charge is 2.31. The molecule has 3 nitrogen and oxygen atoms in total. The molecule has 0 amide bonds. The zero-order chi connectivity index (χ0) is 14.8. The van der Waals surface area contributed by atoms with E-state index in [1.54, 1.807) is 0 Å². The van der Waals surface area contributed by atoms with E-state index >= 15 is 0 Å². The minimum absolute atomic E-state index is 0.149. The van der Waals surface area contributed by atoms with Gasteiger partial charge in [-0.2, -0.15) is 13.2 Å². The maximum atomic E-state index is 12.7. The number of nitrogen functional groups attached to an aromatic ring is 1. The van der Waals surface area contributed by atoms with Gasteiger partial charge in [-0.25, -0.2) is 0 Å². The van der Waals surface area contributed by atoms with Crippen molar-refractivity contribution in [2.24, 2.45) is 5.73 Å². The van der Waals surface area contributed by atoms with Crippen LogP contribution >= 0.6 is 11.8 Å². The van der Waals surface area contributed by atoms with E-state index in [-0.39, 0.29) is 11.4 Å². The first-order valence-corrected chi connectivity index (χ1v) is 7.06. The largest absolute Gasteiger partial charge is 0.416 e. The molecule has 1 aromatic rings. The lowest BCUT2D eigenvalue weighted by Gasteiger charge is -2.22. The van der Waals surface area contributed by atoms with E-state index in [0.717, 1.165) is 25.0 Å². The minimum Gasteiger partial charge on any atom is -0.384 e. The molecule has 2 rings (SSSR count). The molecule has 0 saturated carbocycles. The van der Waals surface area contributed by atoms with Crippen molar-refractivity contribution in [3.05, 3.63) is 29.3 Å². The third-order valence-electron chi connectivity index (χ3n) is 3.06. The normalized spacial score (nSPS) is 17.1. The Bertz CT molecular complexity index is 499. The molecule has 20 heavy (non-hydrogen) atoms. The summed E-state index contributed by atoms with van der Waals surface area (Å²) in [7, 11) is 0. The standard InChI is InChI=1S/C13H15F3N2OS/c14-13(15,16)8-1-2-11(10(7-8)12(17)18)20-9-3-5-19-6-4-9/h1-2,7,9H,3-6H2,(H3,17,18). The molecule has 1 aliphatic rings. The Balaban J connectivity index is 2.25. The van der Waals surface area contributed by atoms with Crippen LogP contribution in [0.2, 0.25) is 0 Å². The summed E-state index contributed by atoms with van der Waals surface area (Å²) in [6.07, 6.45) is -2.72. The van der Waals surface area contributed by atoms with Crippen LogP contribution in [0.3, 0.4) is 0 Å². The number of hydrogen-bond acceptors (Lipinski definition) is 3. The number of benzene rings is 1. The molecule has 3 N–H and O–H groups in total. The fourth-order valence-electron chi connectivity index (χ4n) is 1.99. The predicted octanol–water partition coefficient (Wildman–Crippen LogP) is 3.26. The second-order valence-corrected chi connectivity index (χ2v) is 5.89. The zero-order valence-corrected chi connectivity index (χ0v) is 11.5. The number of amidine groups is 1. The summed E-state index contributed by atoms with van der Waals surface area (Å²) in [5, 5.41) is 7.76. The number of rotatable bonds is 3. The third kappa shape index (κ3) is 3.67. The van der Waals surface area contributed by atoms with E-state index in [1.807, 2.05) is 0 Å². The number of alkyl halides is 3. The molecule has 0 atom stereocenters. The average molecular weight is 304 g/mol. The molecule has 0 bridgehead atoms. The molecule has 1 fully saturated rings. The smallest absolute Gasteiger partial charge is 0.384 e. The fraction of sp³-hybridized carbons (Fsp3) is 0.462. The molecule has 0 aromatic heterocycles. The predicted molar refractivity (Wildman–Crippen MR) is 72.2 cm³/mol. The summed E-state index contributed by atoms with van der Waals surface area (Å²) in [5.41, 5.74) is 4.78. The van der Waals surface area contributed by atoms with Crippen LogP contribution in [0.25, 0.3) is 0 Å². The van der Waals surface area contributed by atoms with E-state index in [4.69, 9.17) is 15.9 Å². The number of halogens is 3. The highest BCUT2D eigenvalue weighted by molar-refractivity contribution is 8.00. The van der Waals surface area contributed by atoms with Gasteiger partial charge >= 0.3 is 6.18 Å². The third-order valence-corrected chi connectivity index (χ3v) is 4.47. The molecule has 1 saturated heterocycles. The molecule has 0 unspecified atom stereocenters. The molecule has 110 valence electrons. The Labute approximate surface area is 119 Å². The van der Waals surface area contributed by atoms with Crippen LogP contribution in [0.15, 0.2) is 23.1 Å². The molecule has 0 aliphatic carbocycles. The van der Waals surface area contributed by atoms with Gasteiger partial charge in [0.2, 0.25) is 0 Å². The highest BCUT2D eigenvalue weighted by Crippen LogP contribution is 2.36. The van der Waals surface area contributed by atoms with Gasteiger partial charge in [-0.15, -0.1) is 11.8 Å². The summed E-state index contributed by atoms with van der Waals surface area (Å²) >= 11 is 1.47. The molecule has 1 aromatic carbocycles. The molecule has 7 heteroatoms. The van der Waals surface area contributed by atoms with Crippen LogP contribution < -0.4 is 5.73 Å². The van der Waals surface area contributed by atoms with Crippen LogP contribution in [-0.4, -0.2) is 24.3 Å². The first-order valence-electron chi connectivity index (χ1n) is 6.18. The van der Waals surface area contributed by atoms with Crippen molar-refractivity contribution < 1.29 is 17.9 Å². The Morgan fingerprint density at radius 1 is 1.30 bits per heavy atom. The number of ether oxygens (including phenoxy) is 1. The number of hydrogen-bond donors (Lipinski definition) is 2. The van der Waals surface area contributed by atoms with Crippen molar-refractivity contribution in [2.45, 2.75) is 29.2 Å². The van der Waals surface area contributed by atoms with E-state index in [2.05, 4.69) is 0 Å². The van der Waals surface area contributed by atoms with Gasteiger partial charge in [-0.3, -0.25) is 5.41 Å². The van der Waals surface area contributed by atoms with Crippen molar-refractivity contribution in [1.29, 1.82) is 5.41 Å². The van der Waals surface area contributed by atoms with E-state index in [1.165, 1.54) is 17.8 Å². The highest BCUT2D eigenvalue weighted by atomic mass is 32.2.